The van der Waals surface area contributed by atoms with Gasteiger partial charge in [0.25, 0.3) is 0 Å². The van der Waals surface area contributed by atoms with Crippen LogP contribution in [0.3, 0.4) is 0 Å². The summed E-state index contributed by atoms with van der Waals surface area (Å²) in [4.78, 5) is 8.63. The van der Waals surface area contributed by atoms with Gasteiger partial charge in [-0.3, -0.25) is 0 Å². The predicted octanol–water partition coefficient (Wildman–Crippen LogP) is 2.30. The summed E-state index contributed by atoms with van der Waals surface area (Å²) in [5, 5.41) is 9.54. The maximum absolute atomic E-state index is 4.31. The van der Waals surface area contributed by atoms with E-state index in [0.29, 0.717) is 0 Å². The molecule has 0 radical (unpaired) electrons. The highest BCUT2D eigenvalue weighted by Gasteiger charge is 2.17. The van der Waals surface area contributed by atoms with Crippen LogP contribution in [0.1, 0.15) is 23.0 Å². The van der Waals surface area contributed by atoms with Crippen LogP contribution in [-0.4, -0.2) is 16.5 Å². The zero-order chi connectivity index (χ0) is 9.80. The second kappa shape index (κ2) is 4.63. The Bertz CT molecular complexity index is 321. The number of aromatic nitrogens is 2. The average Bonchev–Trinajstić information content (AvgIpc) is 2.87. The van der Waals surface area contributed by atoms with Crippen molar-refractivity contribution in [2.45, 2.75) is 13.0 Å². The summed E-state index contributed by atoms with van der Waals surface area (Å²) < 4.78 is 0. The molecule has 0 aromatic carbocycles. The van der Waals surface area contributed by atoms with Gasteiger partial charge in [0, 0.05) is 23.2 Å². The van der Waals surface area contributed by atoms with Crippen molar-refractivity contribution >= 4 is 22.7 Å². The van der Waals surface area contributed by atoms with Crippen LogP contribution in [-0.2, 0) is 0 Å². The molecular weight excluding hydrogens is 214 g/mol. The first-order valence-corrected chi connectivity index (χ1v) is 6.20. The number of hydrogen-bond acceptors (Lipinski definition) is 5. The minimum absolute atomic E-state index is 0.167. The second-order valence-electron chi connectivity index (χ2n) is 2.73. The van der Waals surface area contributed by atoms with Crippen molar-refractivity contribution in [3.8, 4) is 0 Å². The standard InChI is InChI=1S/C9H11N3S2/c1-2-10-7(8-11-3-5-13-8)9-12-4-6-14-9/h3-7,10H,2H2,1H3. The van der Waals surface area contributed by atoms with Crippen molar-refractivity contribution in [2.75, 3.05) is 6.54 Å². The minimum atomic E-state index is 0.167. The Morgan fingerprint density at radius 3 is 2.14 bits per heavy atom. The van der Waals surface area contributed by atoms with E-state index < -0.39 is 0 Å². The molecule has 0 saturated heterocycles. The van der Waals surface area contributed by atoms with E-state index in [1.807, 2.05) is 23.2 Å². The molecule has 74 valence electrons. The molecule has 2 heterocycles. The van der Waals surface area contributed by atoms with Crippen molar-refractivity contribution in [3.63, 3.8) is 0 Å². The van der Waals surface area contributed by atoms with E-state index in [1.54, 1.807) is 22.7 Å². The summed E-state index contributed by atoms with van der Waals surface area (Å²) >= 11 is 3.32. The molecule has 1 N–H and O–H groups in total. The van der Waals surface area contributed by atoms with Crippen LogP contribution < -0.4 is 5.32 Å². The van der Waals surface area contributed by atoms with Gasteiger partial charge >= 0.3 is 0 Å². The minimum Gasteiger partial charge on any atom is -0.303 e. The van der Waals surface area contributed by atoms with E-state index >= 15 is 0 Å². The van der Waals surface area contributed by atoms with E-state index in [1.165, 1.54) is 0 Å². The lowest BCUT2D eigenvalue weighted by Gasteiger charge is -2.11. The van der Waals surface area contributed by atoms with Crippen molar-refractivity contribution in [1.82, 2.24) is 15.3 Å². The summed E-state index contributed by atoms with van der Waals surface area (Å²) in [5.41, 5.74) is 0. The highest BCUT2D eigenvalue weighted by molar-refractivity contribution is 7.11. The van der Waals surface area contributed by atoms with Crippen molar-refractivity contribution in [3.05, 3.63) is 33.2 Å². The lowest BCUT2D eigenvalue weighted by molar-refractivity contribution is 0.623. The topological polar surface area (TPSA) is 37.8 Å². The largest absolute Gasteiger partial charge is 0.303 e. The molecule has 0 atom stereocenters. The van der Waals surface area contributed by atoms with E-state index in [2.05, 4.69) is 22.2 Å². The van der Waals surface area contributed by atoms with E-state index in [-0.39, 0.29) is 6.04 Å². The Balaban J connectivity index is 2.25. The van der Waals surface area contributed by atoms with E-state index in [9.17, 15) is 0 Å². The van der Waals surface area contributed by atoms with Gasteiger partial charge in [0.15, 0.2) is 0 Å². The molecule has 0 spiro atoms. The molecular formula is C9H11N3S2. The maximum Gasteiger partial charge on any atom is 0.117 e. The first kappa shape index (κ1) is 9.76. The summed E-state index contributed by atoms with van der Waals surface area (Å²) in [6, 6.07) is 0.167. The fourth-order valence-electron chi connectivity index (χ4n) is 1.24. The molecule has 0 amide bonds. The van der Waals surface area contributed by atoms with Gasteiger partial charge in [0.05, 0.1) is 0 Å². The maximum atomic E-state index is 4.31. The Hall–Kier alpha value is -0.780. The summed E-state index contributed by atoms with van der Waals surface area (Å²) in [7, 11) is 0. The highest BCUT2D eigenvalue weighted by Crippen LogP contribution is 2.24. The van der Waals surface area contributed by atoms with Gasteiger partial charge < -0.3 is 5.32 Å². The van der Waals surface area contributed by atoms with Crippen LogP contribution in [0, 0.1) is 0 Å². The van der Waals surface area contributed by atoms with Gasteiger partial charge in [-0.05, 0) is 6.54 Å². The van der Waals surface area contributed by atoms with Crippen LogP contribution >= 0.6 is 22.7 Å². The van der Waals surface area contributed by atoms with Crippen LogP contribution in [0.15, 0.2) is 23.2 Å². The van der Waals surface area contributed by atoms with Crippen LogP contribution in [0.2, 0.25) is 0 Å². The quantitative estimate of drug-likeness (QED) is 0.867. The summed E-state index contributed by atoms with van der Waals surface area (Å²) in [6.07, 6.45) is 3.66. The SMILES string of the molecule is CCNC(c1nccs1)c1nccs1. The van der Waals surface area contributed by atoms with Crippen molar-refractivity contribution < 1.29 is 0 Å². The van der Waals surface area contributed by atoms with Gasteiger partial charge in [-0.2, -0.15) is 0 Å². The number of thiazole rings is 2. The fraction of sp³-hybridized carbons (Fsp3) is 0.333. The van der Waals surface area contributed by atoms with Crippen LogP contribution in [0.25, 0.3) is 0 Å². The third kappa shape index (κ3) is 2.00. The molecule has 2 aromatic rings. The van der Waals surface area contributed by atoms with Crippen molar-refractivity contribution in [1.29, 1.82) is 0 Å². The molecule has 0 bridgehead atoms. The van der Waals surface area contributed by atoms with Crippen molar-refractivity contribution in [2.24, 2.45) is 0 Å². The summed E-state index contributed by atoms with van der Waals surface area (Å²) in [5.74, 6) is 0. The second-order valence-corrected chi connectivity index (χ2v) is 4.58. The zero-order valence-electron chi connectivity index (χ0n) is 7.80. The van der Waals surface area contributed by atoms with E-state index in [4.69, 9.17) is 0 Å². The van der Waals surface area contributed by atoms with Gasteiger partial charge in [-0.1, -0.05) is 6.92 Å². The molecule has 0 aliphatic heterocycles. The molecule has 0 fully saturated rings. The predicted molar refractivity (Wildman–Crippen MR) is 59.7 cm³/mol. The molecule has 2 aromatic heterocycles. The lowest BCUT2D eigenvalue weighted by Crippen LogP contribution is -2.21. The molecule has 0 aliphatic rings. The molecule has 0 aliphatic carbocycles. The number of nitrogens with zero attached hydrogens (tertiary/aromatic N) is 2. The van der Waals surface area contributed by atoms with E-state index in [0.717, 1.165) is 16.6 Å². The lowest BCUT2D eigenvalue weighted by atomic mass is 10.3. The molecule has 3 nitrogen and oxygen atoms in total. The molecule has 2 rings (SSSR count). The monoisotopic (exact) mass is 225 g/mol. The Kier molecular flexibility index (Phi) is 3.23. The number of nitrogens with one attached hydrogen (secondary N) is 1. The molecule has 14 heavy (non-hydrogen) atoms. The van der Waals surface area contributed by atoms with Gasteiger partial charge in [-0.15, -0.1) is 22.7 Å². The highest BCUT2D eigenvalue weighted by atomic mass is 32.1. The molecule has 0 unspecified atom stereocenters. The van der Waals surface area contributed by atoms with Gasteiger partial charge in [-0.25, -0.2) is 9.97 Å². The first-order valence-electron chi connectivity index (χ1n) is 4.44. The normalized spacial score (nSPS) is 11.0. The van der Waals surface area contributed by atoms with Gasteiger partial charge in [0.2, 0.25) is 0 Å². The smallest absolute Gasteiger partial charge is 0.117 e. The zero-order valence-corrected chi connectivity index (χ0v) is 9.44. The van der Waals surface area contributed by atoms with Crippen LogP contribution in [0.4, 0.5) is 0 Å². The number of hydrogen-bond donors (Lipinski definition) is 1. The van der Waals surface area contributed by atoms with Gasteiger partial charge in [0.1, 0.15) is 16.1 Å². The van der Waals surface area contributed by atoms with Crippen LogP contribution in [0.5, 0.6) is 0 Å². The number of rotatable bonds is 4. The third-order valence-electron chi connectivity index (χ3n) is 1.80. The Morgan fingerprint density at radius 2 is 1.79 bits per heavy atom. The molecule has 0 saturated carbocycles. The first-order chi connectivity index (χ1) is 6.92. The fourth-order valence-corrected chi connectivity index (χ4v) is 2.74. The molecule has 5 heteroatoms. The average molecular weight is 225 g/mol. The Labute approximate surface area is 90.9 Å². The third-order valence-corrected chi connectivity index (χ3v) is 3.49. The summed E-state index contributed by atoms with van der Waals surface area (Å²) in [6.45, 7) is 3.01. The Morgan fingerprint density at radius 1 is 1.21 bits per heavy atom.